The maximum atomic E-state index is 12.9. The van der Waals surface area contributed by atoms with Crippen LogP contribution in [0, 0.1) is 5.82 Å². The highest BCUT2D eigenvalue weighted by atomic mass is 32.2. The van der Waals surface area contributed by atoms with E-state index in [1.165, 1.54) is 22.6 Å². The predicted octanol–water partition coefficient (Wildman–Crippen LogP) is 3.50. The van der Waals surface area contributed by atoms with Gasteiger partial charge in [-0.15, -0.1) is 11.8 Å². The van der Waals surface area contributed by atoms with Crippen LogP contribution in [0.25, 0.3) is 0 Å². The van der Waals surface area contributed by atoms with Gasteiger partial charge in [0.25, 0.3) is 0 Å². The molecule has 0 radical (unpaired) electrons. The van der Waals surface area contributed by atoms with Crippen molar-refractivity contribution in [1.29, 1.82) is 0 Å². The molecule has 0 saturated carbocycles. The number of halogens is 1. The maximum Gasteiger partial charge on any atom is 0.236 e. The molecule has 2 aromatic carbocycles. The fourth-order valence-corrected chi connectivity index (χ4v) is 3.82. The van der Waals surface area contributed by atoms with Crippen molar-refractivity contribution in [1.82, 2.24) is 4.90 Å². The molecule has 0 fully saturated rings. The molecular weight excluding hydrogens is 285 g/mol. The lowest BCUT2D eigenvalue weighted by molar-refractivity contribution is -0.129. The predicted molar refractivity (Wildman–Crippen MR) is 82.7 cm³/mol. The molecule has 0 spiro atoms. The minimum absolute atomic E-state index is 0.0483. The summed E-state index contributed by atoms with van der Waals surface area (Å²) in [5.41, 5.74) is 2.18. The molecule has 1 aliphatic heterocycles. The summed E-state index contributed by atoms with van der Waals surface area (Å²) in [4.78, 5) is 15.4. The average molecular weight is 301 g/mol. The molecule has 0 N–H and O–H groups in total. The first-order chi connectivity index (χ1) is 10.1. The zero-order valence-electron chi connectivity index (χ0n) is 11.8. The Labute approximate surface area is 128 Å². The first-order valence-electron chi connectivity index (χ1n) is 6.87. The van der Waals surface area contributed by atoms with Gasteiger partial charge in [-0.2, -0.15) is 0 Å². The highest BCUT2D eigenvalue weighted by Crippen LogP contribution is 2.37. The van der Waals surface area contributed by atoms with E-state index in [1.54, 1.807) is 35.8 Å². The summed E-state index contributed by atoms with van der Waals surface area (Å²) in [6.45, 7) is 0.506. The second-order valence-corrected chi connectivity index (χ2v) is 6.48. The second kappa shape index (κ2) is 5.90. The van der Waals surface area contributed by atoms with Gasteiger partial charge in [0.2, 0.25) is 5.91 Å². The molecule has 2 aromatic rings. The van der Waals surface area contributed by atoms with Crippen molar-refractivity contribution in [3.8, 4) is 0 Å². The smallest absolute Gasteiger partial charge is 0.236 e. The second-order valence-electron chi connectivity index (χ2n) is 5.24. The Morgan fingerprint density at radius 3 is 2.67 bits per heavy atom. The van der Waals surface area contributed by atoms with Gasteiger partial charge in [-0.1, -0.05) is 30.3 Å². The summed E-state index contributed by atoms with van der Waals surface area (Å²) >= 11 is 1.63. The molecule has 1 heterocycles. The molecule has 108 valence electrons. The van der Waals surface area contributed by atoms with Gasteiger partial charge in [-0.25, -0.2) is 4.39 Å². The highest BCUT2D eigenvalue weighted by Gasteiger charge is 2.29. The molecule has 1 atom stereocenters. The Morgan fingerprint density at radius 2 is 1.95 bits per heavy atom. The van der Waals surface area contributed by atoms with Gasteiger partial charge in [0, 0.05) is 18.5 Å². The van der Waals surface area contributed by atoms with Crippen LogP contribution in [0.3, 0.4) is 0 Å². The van der Waals surface area contributed by atoms with Crippen LogP contribution in [0.1, 0.15) is 11.1 Å². The Kier molecular flexibility index (Phi) is 3.97. The van der Waals surface area contributed by atoms with Crippen LogP contribution in [0.4, 0.5) is 4.39 Å². The third kappa shape index (κ3) is 3.10. The van der Waals surface area contributed by atoms with E-state index in [1.807, 2.05) is 12.1 Å². The average Bonchev–Trinajstić information content (AvgIpc) is 2.92. The van der Waals surface area contributed by atoms with Gasteiger partial charge in [0.05, 0.1) is 5.25 Å². The number of benzene rings is 2. The number of fused-ring (bicyclic) bond motifs is 1. The topological polar surface area (TPSA) is 20.3 Å². The van der Waals surface area contributed by atoms with Crippen LogP contribution in [-0.4, -0.2) is 23.1 Å². The van der Waals surface area contributed by atoms with Gasteiger partial charge in [0.1, 0.15) is 5.82 Å². The van der Waals surface area contributed by atoms with Gasteiger partial charge in [-0.05, 0) is 35.7 Å². The molecule has 4 heteroatoms. The van der Waals surface area contributed by atoms with E-state index in [4.69, 9.17) is 0 Å². The third-order valence-electron chi connectivity index (χ3n) is 3.63. The molecule has 0 saturated heterocycles. The zero-order chi connectivity index (χ0) is 14.8. The molecule has 0 bridgehead atoms. The lowest BCUT2D eigenvalue weighted by Crippen LogP contribution is -2.34. The molecule has 1 unspecified atom stereocenters. The fraction of sp³-hybridized carbons (Fsp3) is 0.235. The Morgan fingerprint density at radius 1 is 1.24 bits per heavy atom. The molecule has 2 nitrogen and oxygen atoms in total. The van der Waals surface area contributed by atoms with Crippen molar-refractivity contribution in [3.05, 3.63) is 65.5 Å². The van der Waals surface area contributed by atoms with Crippen molar-refractivity contribution in [3.63, 3.8) is 0 Å². The summed E-state index contributed by atoms with van der Waals surface area (Å²) in [6, 6.07) is 14.4. The molecule has 21 heavy (non-hydrogen) atoms. The molecule has 1 amide bonds. The van der Waals surface area contributed by atoms with Gasteiger partial charge in [-0.3, -0.25) is 4.79 Å². The normalized spacial score (nSPS) is 16.6. The number of hydrogen-bond acceptors (Lipinski definition) is 2. The number of amides is 1. The van der Waals surface area contributed by atoms with E-state index >= 15 is 0 Å². The summed E-state index contributed by atoms with van der Waals surface area (Å²) in [7, 11) is 1.80. The summed E-state index contributed by atoms with van der Waals surface area (Å²) < 4.78 is 12.9. The minimum Gasteiger partial charge on any atom is -0.340 e. The first-order valence-corrected chi connectivity index (χ1v) is 7.75. The van der Waals surface area contributed by atoms with Crippen molar-refractivity contribution in [2.24, 2.45) is 0 Å². The standard InChI is InChI=1S/C17H16FNOS/c1-19(11-12-6-8-14(18)9-7-12)17(20)16-10-13-4-2-3-5-15(13)21-16/h2-9,16H,10-11H2,1H3. The van der Waals surface area contributed by atoms with Crippen LogP contribution < -0.4 is 0 Å². The number of rotatable bonds is 3. The number of carbonyl (C=O) groups excluding carboxylic acids is 1. The monoisotopic (exact) mass is 301 g/mol. The van der Waals surface area contributed by atoms with Crippen LogP contribution in [0.5, 0.6) is 0 Å². The van der Waals surface area contributed by atoms with Crippen LogP contribution in [0.15, 0.2) is 53.4 Å². The van der Waals surface area contributed by atoms with Crippen LogP contribution in [0.2, 0.25) is 0 Å². The molecule has 0 aromatic heterocycles. The van der Waals surface area contributed by atoms with Crippen molar-refractivity contribution >= 4 is 17.7 Å². The number of thioether (sulfide) groups is 1. The van der Waals surface area contributed by atoms with Gasteiger partial charge in [0.15, 0.2) is 0 Å². The Hall–Kier alpha value is -1.81. The summed E-state index contributed by atoms with van der Waals surface area (Å²) in [5.74, 6) is -0.130. The van der Waals surface area contributed by atoms with E-state index in [9.17, 15) is 9.18 Å². The third-order valence-corrected chi connectivity index (χ3v) is 4.94. The Bertz CT molecular complexity index is 631. The van der Waals surface area contributed by atoms with E-state index in [0.717, 1.165) is 12.0 Å². The lowest BCUT2D eigenvalue weighted by atomic mass is 10.1. The molecular formula is C17H16FNOS. The van der Waals surface area contributed by atoms with E-state index in [2.05, 4.69) is 12.1 Å². The van der Waals surface area contributed by atoms with Crippen LogP contribution in [-0.2, 0) is 17.8 Å². The van der Waals surface area contributed by atoms with Gasteiger partial charge < -0.3 is 4.90 Å². The van der Waals surface area contributed by atoms with E-state index in [-0.39, 0.29) is 17.0 Å². The highest BCUT2D eigenvalue weighted by molar-refractivity contribution is 8.01. The quantitative estimate of drug-likeness (QED) is 0.865. The first kappa shape index (κ1) is 14.1. The maximum absolute atomic E-state index is 12.9. The van der Waals surface area contributed by atoms with E-state index < -0.39 is 0 Å². The molecule has 3 rings (SSSR count). The summed E-state index contributed by atoms with van der Waals surface area (Å²) in [5, 5.41) is -0.0483. The number of carbonyl (C=O) groups is 1. The fourth-order valence-electron chi connectivity index (χ4n) is 2.51. The van der Waals surface area contributed by atoms with Crippen molar-refractivity contribution in [2.45, 2.75) is 23.1 Å². The van der Waals surface area contributed by atoms with Crippen molar-refractivity contribution < 1.29 is 9.18 Å². The number of hydrogen-bond donors (Lipinski definition) is 0. The zero-order valence-corrected chi connectivity index (χ0v) is 12.6. The Balaban J connectivity index is 1.65. The van der Waals surface area contributed by atoms with Crippen molar-refractivity contribution in [2.75, 3.05) is 7.05 Å². The summed E-state index contributed by atoms with van der Waals surface area (Å²) in [6.07, 6.45) is 0.785. The SMILES string of the molecule is CN(Cc1ccc(F)cc1)C(=O)C1Cc2ccccc2S1. The largest absolute Gasteiger partial charge is 0.340 e. The molecule has 0 aliphatic carbocycles. The lowest BCUT2D eigenvalue weighted by Gasteiger charge is -2.20. The molecule has 1 aliphatic rings. The van der Waals surface area contributed by atoms with E-state index in [0.29, 0.717) is 6.54 Å². The van der Waals surface area contributed by atoms with Crippen LogP contribution >= 0.6 is 11.8 Å². The number of nitrogens with zero attached hydrogens (tertiary/aromatic N) is 1. The van der Waals surface area contributed by atoms with Gasteiger partial charge >= 0.3 is 0 Å². The minimum atomic E-state index is -0.255.